The van der Waals surface area contributed by atoms with Gasteiger partial charge in [-0.3, -0.25) is 9.59 Å². The summed E-state index contributed by atoms with van der Waals surface area (Å²) >= 11 is 0. The van der Waals surface area contributed by atoms with Crippen molar-refractivity contribution in [1.29, 1.82) is 0 Å². The number of nitrogens with zero attached hydrogens (tertiary/aromatic N) is 3. The van der Waals surface area contributed by atoms with Crippen LogP contribution in [0.5, 0.6) is 17.2 Å². The second-order valence-corrected chi connectivity index (χ2v) is 7.59. The lowest BCUT2D eigenvalue weighted by molar-refractivity contribution is -0.135. The fourth-order valence-electron chi connectivity index (χ4n) is 3.90. The molecule has 0 radical (unpaired) electrons. The third-order valence-electron chi connectivity index (χ3n) is 5.48. The molecule has 1 unspecified atom stereocenters. The summed E-state index contributed by atoms with van der Waals surface area (Å²) in [6, 6.07) is 5.18. The van der Waals surface area contributed by atoms with Crippen molar-refractivity contribution in [3.8, 4) is 17.2 Å². The highest BCUT2D eigenvalue weighted by molar-refractivity contribution is 5.93. The number of aryl methyl sites for hydroxylation is 1. The highest BCUT2D eigenvalue weighted by Crippen LogP contribution is 2.34. The Balaban J connectivity index is 1.38. The lowest BCUT2D eigenvalue weighted by Crippen LogP contribution is -2.40. The van der Waals surface area contributed by atoms with Crippen LogP contribution < -0.4 is 19.9 Å². The molecule has 2 aliphatic rings. The molecule has 2 amide bonds. The molecule has 0 bridgehead atoms. The number of hydrogen-bond donors (Lipinski definition) is 1. The van der Waals surface area contributed by atoms with Crippen LogP contribution in [0.25, 0.3) is 0 Å². The van der Waals surface area contributed by atoms with Gasteiger partial charge in [-0.15, -0.1) is 0 Å². The van der Waals surface area contributed by atoms with E-state index in [1.165, 1.54) is 6.20 Å². The van der Waals surface area contributed by atoms with E-state index < -0.39 is 5.91 Å². The molecule has 1 aromatic carbocycles. The summed E-state index contributed by atoms with van der Waals surface area (Å²) in [6.45, 7) is 3.66. The van der Waals surface area contributed by atoms with Gasteiger partial charge in [0.05, 0.1) is 30.3 Å². The molecule has 3 heterocycles. The van der Waals surface area contributed by atoms with Gasteiger partial charge < -0.3 is 24.8 Å². The zero-order chi connectivity index (χ0) is 21.8. The summed E-state index contributed by atoms with van der Waals surface area (Å²) in [7, 11) is 0. The molecule has 1 aromatic heterocycles. The number of carbonyl (C=O) groups is 2. The summed E-state index contributed by atoms with van der Waals surface area (Å²) < 4.78 is 16.8. The molecule has 2 aromatic rings. The Bertz CT molecular complexity index is 980. The quantitative estimate of drug-likeness (QED) is 0.752. The van der Waals surface area contributed by atoms with Gasteiger partial charge in [0.2, 0.25) is 5.91 Å². The van der Waals surface area contributed by atoms with E-state index in [1.54, 1.807) is 19.1 Å². The average molecular weight is 426 g/mol. The lowest BCUT2D eigenvalue weighted by atomic mass is 10.0. The van der Waals surface area contributed by atoms with Crippen molar-refractivity contribution in [2.24, 2.45) is 5.73 Å². The van der Waals surface area contributed by atoms with Gasteiger partial charge in [-0.1, -0.05) is 0 Å². The van der Waals surface area contributed by atoms with Gasteiger partial charge >= 0.3 is 0 Å². The van der Waals surface area contributed by atoms with Crippen LogP contribution in [0.3, 0.4) is 0 Å². The Morgan fingerprint density at radius 1 is 1.23 bits per heavy atom. The summed E-state index contributed by atoms with van der Waals surface area (Å²) in [4.78, 5) is 35.0. The second-order valence-electron chi connectivity index (χ2n) is 7.59. The molecule has 2 aliphatic heterocycles. The van der Waals surface area contributed by atoms with E-state index in [0.29, 0.717) is 54.1 Å². The van der Waals surface area contributed by atoms with Crippen molar-refractivity contribution in [2.75, 3.05) is 26.4 Å². The standard InChI is InChI=1S/C22H26N4O5/c1-14-16(21(23)28)13-24-22(25-14)17-4-2-3-8-26(17)20(27)7-9-29-15-5-6-18-19(12-15)31-11-10-30-18/h5-6,12-13,17H,2-4,7-11H2,1H3,(H2,23,28). The number of nitrogens with two attached hydrogens (primary N) is 1. The van der Waals surface area contributed by atoms with Crippen LogP contribution in [0.2, 0.25) is 0 Å². The number of fused-ring (bicyclic) bond motifs is 1. The number of carbonyl (C=O) groups excluding carboxylic acids is 2. The third-order valence-corrected chi connectivity index (χ3v) is 5.48. The fraction of sp³-hybridized carbons (Fsp3) is 0.455. The van der Waals surface area contributed by atoms with Crippen molar-refractivity contribution in [1.82, 2.24) is 14.9 Å². The molecule has 1 saturated heterocycles. The third kappa shape index (κ3) is 4.70. The largest absolute Gasteiger partial charge is 0.493 e. The van der Waals surface area contributed by atoms with E-state index in [1.807, 2.05) is 11.0 Å². The topological polar surface area (TPSA) is 117 Å². The van der Waals surface area contributed by atoms with E-state index >= 15 is 0 Å². The highest BCUT2D eigenvalue weighted by atomic mass is 16.6. The molecular weight excluding hydrogens is 400 g/mol. The minimum atomic E-state index is -0.558. The molecule has 1 atom stereocenters. The van der Waals surface area contributed by atoms with Crippen LogP contribution in [0.1, 0.15) is 53.6 Å². The van der Waals surface area contributed by atoms with E-state index in [4.69, 9.17) is 19.9 Å². The smallest absolute Gasteiger partial charge is 0.252 e. The first kappa shape index (κ1) is 20.9. The normalized spacial score (nSPS) is 17.8. The Morgan fingerprint density at radius 2 is 2.03 bits per heavy atom. The van der Waals surface area contributed by atoms with Crippen molar-refractivity contribution in [3.05, 3.63) is 41.5 Å². The first-order valence-electron chi connectivity index (χ1n) is 10.5. The van der Waals surface area contributed by atoms with E-state index in [9.17, 15) is 9.59 Å². The first-order valence-corrected chi connectivity index (χ1v) is 10.5. The van der Waals surface area contributed by atoms with E-state index in [-0.39, 0.29) is 25.0 Å². The molecule has 2 N–H and O–H groups in total. The zero-order valence-electron chi connectivity index (χ0n) is 17.5. The van der Waals surface area contributed by atoms with Gasteiger partial charge in [-0.05, 0) is 38.3 Å². The molecule has 4 rings (SSSR count). The molecule has 0 aliphatic carbocycles. The van der Waals surface area contributed by atoms with Crippen LogP contribution in [0.4, 0.5) is 0 Å². The number of hydrogen-bond acceptors (Lipinski definition) is 7. The number of benzene rings is 1. The highest BCUT2D eigenvalue weighted by Gasteiger charge is 2.30. The Labute approximate surface area is 180 Å². The molecule has 164 valence electrons. The maximum absolute atomic E-state index is 12.9. The molecule has 0 saturated carbocycles. The molecular formula is C22H26N4O5. The fourth-order valence-corrected chi connectivity index (χ4v) is 3.90. The van der Waals surface area contributed by atoms with Crippen molar-refractivity contribution in [3.63, 3.8) is 0 Å². The maximum Gasteiger partial charge on any atom is 0.252 e. The van der Waals surface area contributed by atoms with Crippen LogP contribution >= 0.6 is 0 Å². The van der Waals surface area contributed by atoms with Crippen LogP contribution in [0, 0.1) is 6.92 Å². The van der Waals surface area contributed by atoms with Crippen LogP contribution in [-0.2, 0) is 4.79 Å². The van der Waals surface area contributed by atoms with Crippen molar-refractivity contribution < 1.29 is 23.8 Å². The number of aromatic nitrogens is 2. The minimum Gasteiger partial charge on any atom is -0.493 e. The predicted molar refractivity (Wildman–Crippen MR) is 111 cm³/mol. The SMILES string of the molecule is Cc1nc(C2CCCCN2C(=O)CCOc2ccc3c(c2)OCCO3)ncc1C(N)=O. The summed E-state index contributed by atoms with van der Waals surface area (Å²) in [5, 5.41) is 0. The average Bonchev–Trinajstić information content (AvgIpc) is 2.78. The van der Waals surface area contributed by atoms with Crippen molar-refractivity contribution >= 4 is 11.8 Å². The van der Waals surface area contributed by atoms with Crippen LogP contribution in [-0.4, -0.2) is 53.0 Å². The Morgan fingerprint density at radius 3 is 2.81 bits per heavy atom. The number of primary amides is 1. The van der Waals surface area contributed by atoms with Crippen LogP contribution in [0.15, 0.2) is 24.4 Å². The monoisotopic (exact) mass is 426 g/mol. The molecule has 31 heavy (non-hydrogen) atoms. The molecule has 9 heteroatoms. The van der Waals surface area contributed by atoms with Gasteiger partial charge in [0.15, 0.2) is 17.3 Å². The van der Waals surface area contributed by atoms with E-state index in [0.717, 1.165) is 19.3 Å². The first-order chi connectivity index (χ1) is 15.0. The molecule has 9 nitrogen and oxygen atoms in total. The van der Waals surface area contributed by atoms with E-state index in [2.05, 4.69) is 9.97 Å². The van der Waals surface area contributed by atoms with Crippen molar-refractivity contribution in [2.45, 2.75) is 38.6 Å². The maximum atomic E-state index is 12.9. The Kier molecular flexibility index (Phi) is 6.20. The van der Waals surface area contributed by atoms with Gasteiger partial charge in [0.25, 0.3) is 5.91 Å². The Hall–Kier alpha value is -3.36. The minimum absolute atomic E-state index is 0.0116. The summed E-state index contributed by atoms with van der Waals surface area (Å²) in [5.74, 6) is 1.96. The van der Waals surface area contributed by atoms with Gasteiger partial charge in [-0.2, -0.15) is 0 Å². The number of ether oxygens (including phenoxy) is 3. The van der Waals surface area contributed by atoms with Gasteiger partial charge in [0.1, 0.15) is 19.0 Å². The zero-order valence-corrected chi connectivity index (χ0v) is 17.5. The molecule has 0 spiro atoms. The summed E-state index contributed by atoms with van der Waals surface area (Å²) in [5.41, 5.74) is 6.17. The number of amides is 2. The second kappa shape index (κ2) is 9.20. The number of rotatable bonds is 6. The molecule has 1 fully saturated rings. The lowest BCUT2D eigenvalue weighted by Gasteiger charge is -2.35. The predicted octanol–water partition coefficient (Wildman–Crippen LogP) is 2.18. The van der Waals surface area contributed by atoms with Gasteiger partial charge in [-0.25, -0.2) is 9.97 Å². The number of likely N-dealkylation sites (tertiary alicyclic amines) is 1. The number of piperidine rings is 1. The summed E-state index contributed by atoms with van der Waals surface area (Å²) in [6.07, 6.45) is 4.39. The van der Waals surface area contributed by atoms with Gasteiger partial charge in [0, 0.05) is 18.8 Å².